The summed E-state index contributed by atoms with van der Waals surface area (Å²) < 4.78 is 0. The first-order chi connectivity index (χ1) is 10.7. The molecule has 1 nitrogen and oxygen atoms in total. The number of aryl methyl sites for hydroxylation is 1. The standard InChI is InChI=1S/C20H32BN/c1-15-16(2)19(9-8-18(15)10-11-21)12-17-13-22(14-17)20-6-4-3-5-7-20/h8-9,17,20H,3-7,10-14,21H2,1-2H3. The monoisotopic (exact) mass is 297 g/mol. The molecule has 0 aromatic heterocycles. The number of hydrogen-bond donors (Lipinski definition) is 0. The topological polar surface area (TPSA) is 3.24 Å². The first-order valence-corrected chi connectivity index (χ1v) is 9.51. The van der Waals surface area contributed by atoms with Crippen LogP contribution in [0.1, 0.15) is 54.4 Å². The fraction of sp³-hybridized carbons (Fsp3) is 0.700. The molecule has 1 aromatic carbocycles. The van der Waals surface area contributed by atoms with Gasteiger partial charge in [-0.3, -0.25) is 4.90 Å². The van der Waals surface area contributed by atoms with Crippen LogP contribution in [-0.4, -0.2) is 31.9 Å². The third-order valence-electron chi connectivity index (χ3n) is 6.12. The van der Waals surface area contributed by atoms with E-state index < -0.39 is 0 Å². The van der Waals surface area contributed by atoms with Crippen molar-refractivity contribution < 1.29 is 0 Å². The SMILES string of the molecule is BCCc1ccc(CC2CN(C3CCCCC3)C2)c(C)c1C. The van der Waals surface area contributed by atoms with Crippen LogP contribution in [0.2, 0.25) is 6.32 Å². The molecule has 0 spiro atoms. The largest absolute Gasteiger partial charge is 0.300 e. The zero-order valence-electron chi connectivity index (χ0n) is 14.8. The van der Waals surface area contributed by atoms with Crippen LogP contribution in [0.3, 0.4) is 0 Å². The maximum Gasteiger partial charge on any atom is 0.101 e. The molecular weight excluding hydrogens is 265 g/mol. The molecule has 1 saturated carbocycles. The van der Waals surface area contributed by atoms with Crippen LogP contribution in [0.4, 0.5) is 0 Å². The third kappa shape index (κ3) is 3.43. The van der Waals surface area contributed by atoms with E-state index in [-0.39, 0.29) is 0 Å². The van der Waals surface area contributed by atoms with Gasteiger partial charge in [0, 0.05) is 19.1 Å². The predicted octanol–water partition coefficient (Wildman–Crippen LogP) is 3.70. The van der Waals surface area contributed by atoms with E-state index in [2.05, 4.69) is 38.7 Å². The van der Waals surface area contributed by atoms with Crippen LogP contribution in [-0.2, 0) is 12.8 Å². The van der Waals surface area contributed by atoms with Crippen molar-refractivity contribution in [2.24, 2.45) is 5.92 Å². The van der Waals surface area contributed by atoms with Gasteiger partial charge < -0.3 is 0 Å². The molecule has 0 bridgehead atoms. The summed E-state index contributed by atoms with van der Waals surface area (Å²) in [5.41, 5.74) is 6.26. The van der Waals surface area contributed by atoms with Gasteiger partial charge >= 0.3 is 0 Å². The second-order valence-corrected chi connectivity index (χ2v) is 7.70. The Morgan fingerprint density at radius 3 is 2.32 bits per heavy atom. The van der Waals surface area contributed by atoms with Crippen molar-refractivity contribution in [3.05, 3.63) is 34.4 Å². The molecule has 0 unspecified atom stereocenters. The van der Waals surface area contributed by atoms with E-state index >= 15 is 0 Å². The molecule has 0 radical (unpaired) electrons. The Morgan fingerprint density at radius 1 is 1.00 bits per heavy atom. The molecule has 1 aromatic rings. The molecule has 2 fully saturated rings. The minimum Gasteiger partial charge on any atom is -0.300 e. The zero-order chi connectivity index (χ0) is 15.5. The van der Waals surface area contributed by atoms with Gasteiger partial charge in [-0.15, -0.1) is 0 Å². The normalized spacial score (nSPS) is 21.0. The molecule has 0 atom stereocenters. The summed E-state index contributed by atoms with van der Waals surface area (Å²) in [7, 11) is 2.27. The second-order valence-electron chi connectivity index (χ2n) is 7.70. The molecule has 2 aliphatic rings. The summed E-state index contributed by atoms with van der Waals surface area (Å²) in [4.78, 5) is 2.76. The van der Waals surface area contributed by atoms with Crippen molar-refractivity contribution in [2.75, 3.05) is 13.1 Å². The van der Waals surface area contributed by atoms with Crippen molar-refractivity contribution in [1.82, 2.24) is 4.90 Å². The molecule has 1 heterocycles. The van der Waals surface area contributed by atoms with E-state index in [9.17, 15) is 0 Å². The number of hydrogen-bond acceptors (Lipinski definition) is 1. The number of nitrogens with zero attached hydrogens (tertiary/aromatic N) is 1. The minimum absolute atomic E-state index is 0.900. The van der Waals surface area contributed by atoms with Crippen LogP contribution < -0.4 is 0 Å². The van der Waals surface area contributed by atoms with Gasteiger partial charge in [-0.1, -0.05) is 37.7 Å². The Balaban J connectivity index is 1.55. The van der Waals surface area contributed by atoms with Crippen LogP contribution >= 0.6 is 0 Å². The summed E-state index contributed by atoms with van der Waals surface area (Å²) in [6.45, 7) is 7.35. The molecule has 3 rings (SSSR count). The smallest absolute Gasteiger partial charge is 0.101 e. The van der Waals surface area contributed by atoms with Gasteiger partial charge in [0.25, 0.3) is 0 Å². The second kappa shape index (κ2) is 7.21. The van der Waals surface area contributed by atoms with Crippen molar-refractivity contribution >= 4 is 7.85 Å². The Hall–Kier alpha value is -0.755. The van der Waals surface area contributed by atoms with Crippen molar-refractivity contribution in [1.29, 1.82) is 0 Å². The third-order valence-corrected chi connectivity index (χ3v) is 6.12. The highest BCUT2D eigenvalue weighted by Crippen LogP contribution is 2.31. The van der Waals surface area contributed by atoms with Gasteiger partial charge in [0.1, 0.15) is 7.85 Å². The number of benzene rings is 1. The molecule has 120 valence electrons. The van der Waals surface area contributed by atoms with E-state index in [1.165, 1.54) is 64.4 Å². The van der Waals surface area contributed by atoms with Crippen molar-refractivity contribution in [2.45, 2.75) is 71.2 Å². The van der Waals surface area contributed by atoms with E-state index in [0.717, 1.165) is 12.0 Å². The maximum atomic E-state index is 2.76. The number of likely N-dealkylation sites (tertiary alicyclic amines) is 1. The van der Waals surface area contributed by atoms with Gasteiger partial charge in [0.15, 0.2) is 0 Å². The van der Waals surface area contributed by atoms with Gasteiger partial charge in [0.2, 0.25) is 0 Å². The van der Waals surface area contributed by atoms with E-state index in [1.807, 2.05) is 0 Å². The van der Waals surface area contributed by atoms with E-state index in [4.69, 9.17) is 0 Å². The average molecular weight is 297 g/mol. The van der Waals surface area contributed by atoms with Gasteiger partial charge in [0.05, 0.1) is 0 Å². The highest BCUT2D eigenvalue weighted by Gasteiger charge is 2.32. The molecular formula is C20H32BN. The van der Waals surface area contributed by atoms with Crippen LogP contribution in [0.5, 0.6) is 0 Å². The molecule has 1 aliphatic heterocycles. The zero-order valence-corrected chi connectivity index (χ0v) is 14.8. The Morgan fingerprint density at radius 2 is 1.64 bits per heavy atom. The molecule has 22 heavy (non-hydrogen) atoms. The first-order valence-electron chi connectivity index (χ1n) is 9.51. The minimum atomic E-state index is 0.900. The lowest BCUT2D eigenvalue weighted by atomic mass is 9.84. The van der Waals surface area contributed by atoms with Crippen LogP contribution in [0, 0.1) is 19.8 Å². The first kappa shape index (κ1) is 16.1. The average Bonchev–Trinajstić information content (AvgIpc) is 2.50. The Bertz CT molecular complexity index is 499. The van der Waals surface area contributed by atoms with Gasteiger partial charge in [-0.2, -0.15) is 0 Å². The lowest BCUT2D eigenvalue weighted by Crippen LogP contribution is -2.53. The molecule has 0 amide bonds. The quantitative estimate of drug-likeness (QED) is 0.749. The van der Waals surface area contributed by atoms with E-state index in [1.54, 1.807) is 22.3 Å². The molecule has 1 saturated heterocycles. The van der Waals surface area contributed by atoms with Crippen LogP contribution in [0.15, 0.2) is 12.1 Å². The van der Waals surface area contributed by atoms with Crippen LogP contribution in [0.25, 0.3) is 0 Å². The molecule has 1 aliphatic carbocycles. The summed E-state index contributed by atoms with van der Waals surface area (Å²) >= 11 is 0. The summed E-state index contributed by atoms with van der Waals surface area (Å²) in [5, 5.41) is 0. The molecule has 0 N–H and O–H groups in total. The fourth-order valence-electron chi connectivity index (χ4n) is 4.49. The summed E-state index contributed by atoms with van der Waals surface area (Å²) in [6, 6.07) is 5.72. The lowest BCUT2D eigenvalue weighted by Gasteiger charge is -2.46. The summed E-state index contributed by atoms with van der Waals surface area (Å²) in [6.07, 6.45) is 11.1. The van der Waals surface area contributed by atoms with Gasteiger partial charge in [-0.25, -0.2) is 0 Å². The maximum absolute atomic E-state index is 2.76. The fourth-order valence-corrected chi connectivity index (χ4v) is 4.49. The van der Waals surface area contributed by atoms with Crippen molar-refractivity contribution in [3.63, 3.8) is 0 Å². The molecule has 2 heteroatoms. The lowest BCUT2D eigenvalue weighted by molar-refractivity contribution is 0.0355. The van der Waals surface area contributed by atoms with Gasteiger partial charge in [-0.05, 0) is 67.7 Å². The Labute approximate surface area is 137 Å². The van der Waals surface area contributed by atoms with E-state index in [0.29, 0.717) is 0 Å². The van der Waals surface area contributed by atoms with Crippen molar-refractivity contribution in [3.8, 4) is 0 Å². The highest BCUT2D eigenvalue weighted by atomic mass is 15.2. The number of rotatable bonds is 5. The Kier molecular flexibility index (Phi) is 5.28. The highest BCUT2D eigenvalue weighted by molar-refractivity contribution is 6.08. The predicted molar refractivity (Wildman–Crippen MR) is 98.6 cm³/mol. The summed E-state index contributed by atoms with van der Waals surface area (Å²) in [5.74, 6) is 0.900.